The lowest BCUT2D eigenvalue weighted by molar-refractivity contribution is 0.563. The van der Waals surface area contributed by atoms with Gasteiger partial charge in [-0.25, -0.2) is 13.1 Å². The molecule has 0 saturated heterocycles. The summed E-state index contributed by atoms with van der Waals surface area (Å²) < 4.78 is 26.0. The van der Waals surface area contributed by atoms with Crippen molar-refractivity contribution in [2.24, 2.45) is 5.73 Å². The number of pyridine rings is 1. The van der Waals surface area contributed by atoms with Gasteiger partial charge in [-0.2, -0.15) is 0 Å². The Kier molecular flexibility index (Phi) is 5.24. The molecular formula is C11H18N4O2S. The van der Waals surface area contributed by atoms with E-state index in [1.807, 2.05) is 0 Å². The summed E-state index contributed by atoms with van der Waals surface area (Å²) in [5.41, 5.74) is 6.14. The fourth-order valence-electron chi connectivity index (χ4n) is 1.54. The van der Waals surface area contributed by atoms with Gasteiger partial charge in [0.25, 0.3) is 0 Å². The summed E-state index contributed by atoms with van der Waals surface area (Å²) in [5.74, 6) is -0.0152. The molecule has 1 rings (SSSR count). The van der Waals surface area contributed by atoms with E-state index in [0.29, 0.717) is 6.42 Å². The van der Waals surface area contributed by atoms with Gasteiger partial charge < -0.3 is 5.73 Å². The van der Waals surface area contributed by atoms with Gasteiger partial charge in [-0.15, -0.1) is 0 Å². The molecule has 1 heterocycles. The maximum Gasteiger partial charge on any atom is 0.212 e. The number of nitrogens with one attached hydrogen (secondary N) is 2. The SMILES string of the molecule is CC(CC(=N)N)NS(=O)(=O)CCc1ccncc1. The summed E-state index contributed by atoms with van der Waals surface area (Å²) in [6.07, 6.45) is 3.92. The van der Waals surface area contributed by atoms with Gasteiger partial charge in [0.2, 0.25) is 10.0 Å². The van der Waals surface area contributed by atoms with Gasteiger partial charge in [-0.1, -0.05) is 0 Å². The number of nitrogens with two attached hydrogens (primary N) is 1. The molecule has 1 aromatic rings. The Balaban J connectivity index is 2.47. The molecule has 6 nitrogen and oxygen atoms in total. The maximum absolute atomic E-state index is 11.8. The molecular weight excluding hydrogens is 252 g/mol. The molecule has 0 aliphatic rings. The second-order valence-corrected chi connectivity index (χ2v) is 6.05. The molecule has 1 atom stereocenters. The van der Waals surface area contributed by atoms with E-state index in [0.717, 1.165) is 5.56 Å². The Hall–Kier alpha value is -1.47. The fourth-order valence-corrected chi connectivity index (χ4v) is 2.86. The average Bonchev–Trinajstić information content (AvgIpc) is 2.26. The largest absolute Gasteiger partial charge is 0.388 e. The average molecular weight is 270 g/mol. The number of hydrogen-bond acceptors (Lipinski definition) is 4. The molecule has 4 N–H and O–H groups in total. The van der Waals surface area contributed by atoms with Crippen LogP contribution in [-0.4, -0.2) is 31.0 Å². The van der Waals surface area contributed by atoms with Crippen LogP contribution in [0.2, 0.25) is 0 Å². The number of nitrogens with zero attached hydrogens (tertiary/aromatic N) is 1. The molecule has 0 bridgehead atoms. The van der Waals surface area contributed by atoms with Crippen LogP contribution in [0.1, 0.15) is 18.9 Å². The number of rotatable bonds is 7. The molecule has 0 amide bonds. The molecule has 0 aliphatic carbocycles. The summed E-state index contributed by atoms with van der Waals surface area (Å²) in [6, 6.07) is 3.22. The van der Waals surface area contributed by atoms with Crippen molar-refractivity contribution in [1.82, 2.24) is 9.71 Å². The molecule has 18 heavy (non-hydrogen) atoms. The van der Waals surface area contributed by atoms with E-state index in [2.05, 4.69) is 9.71 Å². The standard InChI is InChI=1S/C11H18N4O2S/c1-9(8-11(12)13)15-18(16,17)7-4-10-2-5-14-6-3-10/h2-3,5-6,9,15H,4,7-8H2,1H3,(H3,12,13). The van der Waals surface area contributed by atoms with Gasteiger partial charge in [-0.3, -0.25) is 10.4 Å². The third kappa shape index (κ3) is 5.74. The van der Waals surface area contributed by atoms with E-state index in [1.165, 1.54) is 0 Å². The van der Waals surface area contributed by atoms with Gasteiger partial charge in [0.05, 0.1) is 11.6 Å². The molecule has 100 valence electrons. The maximum atomic E-state index is 11.8. The molecule has 0 aliphatic heterocycles. The number of sulfonamides is 1. The van der Waals surface area contributed by atoms with Crippen molar-refractivity contribution < 1.29 is 8.42 Å². The van der Waals surface area contributed by atoms with E-state index in [4.69, 9.17) is 11.1 Å². The first-order valence-electron chi connectivity index (χ1n) is 5.61. The van der Waals surface area contributed by atoms with Crippen LogP contribution in [0.4, 0.5) is 0 Å². The molecule has 1 unspecified atom stereocenters. The molecule has 0 radical (unpaired) electrons. The smallest absolute Gasteiger partial charge is 0.212 e. The van der Waals surface area contributed by atoms with E-state index >= 15 is 0 Å². The zero-order valence-corrected chi connectivity index (χ0v) is 11.1. The van der Waals surface area contributed by atoms with Gasteiger partial charge in [0.15, 0.2) is 0 Å². The van der Waals surface area contributed by atoms with Crippen molar-refractivity contribution >= 4 is 15.9 Å². The third-order valence-corrected chi connectivity index (χ3v) is 3.82. The van der Waals surface area contributed by atoms with Gasteiger partial charge in [0, 0.05) is 24.9 Å². The van der Waals surface area contributed by atoms with Crippen LogP contribution in [0.25, 0.3) is 0 Å². The number of amidine groups is 1. The van der Waals surface area contributed by atoms with Crippen molar-refractivity contribution in [1.29, 1.82) is 5.41 Å². The highest BCUT2D eigenvalue weighted by atomic mass is 32.2. The minimum Gasteiger partial charge on any atom is -0.388 e. The molecule has 0 saturated carbocycles. The zero-order valence-electron chi connectivity index (χ0n) is 10.3. The van der Waals surface area contributed by atoms with Gasteiger partial charge in [0.1, 0.15) is 0 Å². The lowest BCUT2D eigenvalue weighted by Crippen LogP contribution is -2.37. The van der Waals surface area contributed by atoms with Crippen LogP contribution in [0, 0.1) is 5.41 Å². The summed E-state index contributed by atoms with van der Waals surface area (Å²) in [4.78, 5) is 3.87. The van der Waals surface area contributed by atoms with E-state index in [1.54, 1.807) is 31.5 Å². The van der Waals surface area contributed by atoms with Crippen LogP contribution in [0.5, 0.6) is 0 Å². The minimum absolute atomic E-state index is 0.0132. The predicted molar refractivity (Wildman–Crippen MR) is 70.9 cm³/mol. The van der Waals surface area contributed by atoms with Crippen LogP contribution in [0.15, 0.2) is 24.5 Å². The predicted octanol–water partition coefficient (Wildman–Crippen LogP) is 0.258. The first-order valence-corrected chi connectivity index (χ1v) is 7.26. The second-order valence-electron chi connectivity index (χ2n) is 4.17. The van der Waals surface area contributed by atoms with Crippen LogP contribution in [-0.2, 0) is 16.4 Å². The summed E-state index contributed by atoms with van der Waals surface area (Å²) in [7, 11) is -3.35. The van der Waals surface area contributed by atoms with Crippen LogP contribution in [0.3, 0.4) is 0 Å². The summed E-state index contributed by atoms with van der Waals surface area (Å²) >= 11 is 0. The number of aryl methyl sites for hydroxylation is 1. The number of hydrogen-bond donors (Lipinski definition) is 3. The quantitative estimate of drug-likeness (QED) is 0.487. The minimum atomic E-state index is -3.35. The summed E-state index contributed by atoms with van der Waals surface area (Å²) in [6.45, 7) is 1.69. The Morgan fingerprint density at radius 3 is 2.67 bits per heavy atom. The van der Waals surface area contributed by atoms with Crippen molar-refractivity contribution in [3.63, 3.8) is 0 Å². The Morgan fingerprint density at radius 2 is 2.11 bits per heavy atom. The first-order chi connectivity index (χ1) is 8.39. The Labute approximate surface area is 107 Å². The molecule has 7 heteroatoms. The van der Waals surface area contributed by atoms with Crippen molar-refractivity contribution in [2.45, 2.75) is 25.8 Å². The molecule has 1 aromatic heterocycles. The highest BCUT2D eigenvalue weighted by Crippen LogP contribution is 2.01. The topological polar surface area (TPSA) is 109 Å². The molecule has 0 fully saturated rings. The highest BCUT2D eigenvalue weighted by molar-refractivity contribution is 7.89. The van der Waals surface area contributed by atoms with Crippen LogP contribution >= 0.6 is 0 Å². The molecule has 0 spiro atoms. The zero-order chi connectivity index (χ0) is 13.6. The Bertz CT molecular complexity index is 487. The lowest BCUT2D eigenvalue weighted by Gasteiger charge is -2.13. The van der Waals surface area contributed by atoms with Crippen molar-refractivity contribution in [3.05, 3.63) is 30.1 Å². The second kappa shape index (κ2) is 6.46. The lowest BCUT2D eigenvalue weighted by atomic mass is 10.2. The van der Waals surface area contributed by atoms with Crippen LogP contribution < -0.4 is 10.5 Å². The third-order valence-electron chi connectivity index (χ3n) is 2.32. The highest BCUT2D eigenvalue weighted by Gasteiger charge is 2.15. The van der Waals surface area contributed by atoms with Gasteiger partial charge in [-0.05, 0) is 31.0 Å². The Morgan fingerprint density at radius 1 is 1.50 bits per heavy atom. The van der Waals surface area contributed by atoms with E-state index in [9.17, 15) is 8.42 Å². The number of aromatic nitrogens is 1. The van der Waals surface area contributed by atoms with Crippen molar-refractivity contribution in [2.75, 3.05) is 5.75 Å². The monoisotopic (exact) mass is 270 g/mol. The normalized spacial score (nSPS) is 13.2. The van der Waals surface area contributed by atoms with Gasteiger partial charge >= 0.3 is 0 Å². The van der Waals surface area contributed by atoms with E-state index < -0.39 is 10.0 Å². The van der Waals surface area contributed by atoms with Crippen molar-refractivity contribution in [3.8, 4) is 0 Å². The molecule has 0 aromatic carbocycles. The fraction of sp³-hybridized carbons (Fsp3) is 0.455. The summed E-state index contributed by atoms with van der Waals surface area (Å²) in [5, 5.41) is 7.11. The first kappa shape index (κ1) is 14.6. The van der Waals surface area contributed by atoms with E-state index in [-0.39, 0.29) is 24.1 Å².